The summed E-state index contributed by atoms with van der Waals surface area (Å²) in [4.78, 5) is 1.70. The Morgan fingerprint density at radius 3 is 2.43 bits per heavy atom. The Kier molecular flexibility index (Phi) is 5.24. The molecule has 0 saturated heterocycles. The first-order chi connectivity index (χ1) is 9.66. The molecule has 2 nitrogen and oxygen atoms in total. The fourth-order valence-electron chi connectivity index (χ4n) is 1.75. The van der Waals surface area contributed by atoms with E-state index in [9.17, 15) is 13.2 Å². The number of allylic oxidation sites excluding steroid dienone is 3. The molecule has 0 amide bonds. The van der Waals surface area contributed by atoms with E-state index in [-0.39, 0.29) is 0 Å². The number of aryl methyl sites for hydroxylation is 1. The van der Waals surface area contributed by atoms with Crippen LogP contribution in [0.1, 0.15) is 12.5 Å². The zero-order valence-corrected chi connectivity index (χ0v) is 12.2. The van der Waals surface area contributed by atoms with Crippen LogP contribution in [0.15, 0.2) is 54.8 Å². The van der Waals surface area contributed by atoms with Crippen LogP contribution in [0.2, 0.25) is 0 Å². The summed E-state index contributed by atoms with van der Waals surface area (Å²) in [6, 6.07) is 5.46. The number of halogens is 3. The fourth-order valence-corrected chi connectivity index (χ4v) is 1.75. The van der Waals surface area contributed by atoms with Crippen molar-refractivity contribution in [2.24, 2.45) is 0 Å². The molecule has 0 aromatic heterocycles. The van der Waals surface area contributed by atoms with Crippen molar-refractivity contribution in [1.29, 1.82) is 0 Å². The van der Waals surface area contributed by atoms with Gasteiger partial charge in [0.15, 0.2) is 0 Å². The van der Waals surface area contributed by atoms with Crippen LogP contribution >= 0.6 is 0 Å². The van der Waals surface area contributed by atoms with Crippen molar-refractivity contribution in [2.45, 2.75) is 19.5 Å². The molecule has 0 fully saturated rings. The van der Waals surface area contributed by atoms with Gasteiger partial charge in [0.25, 0.3) is 0 Å². The van der Waals surface area contributed by atoms with Gasteiger partial charge in [0.2, 0.25) is 0 Å². The molecule has 5 heteroatoms. The van der Waals surface area contributed by atoms with E-state index in [2.05, 4.69) is 13.2 Å². The van der Waals surface area contributed by atoms with E-state index in [1.54, 1.807) is 24.1 Å². The highest BCUT2D eigenvalue weighted by Crippen LogP contribution is 2.28. The first-order valence-corrected chi connectivity index (χ1v) is 6.42. The summed E-state index contributed by atoms with van der Waals surface area (Å²) in [5.41, 5.74) is 7.71. The van der Waals surface area contributed by atoms with Gasteiger partial charge in [-0.05, 0) is 36.3 Å². The SMILES string of the molecule is C=C(/C=C\C(=C)C(F)(F)F)N(C)c1cc(N)ccc1CC. The third-order valence-corrected chi connectivity index (χ3v) is 3.12. The Morgan fingerprint density at radius 1 is 1.29 bits per heavy atom. The van der Waals surface area contributed by atoms with Gasteiger partial charge < -0.3 is 10.6 Å². The predicted octanol–water partition coefficient (Wildman–Crippen LogP) is 4.46. The quantitative estimate of drug-likeness (QED) is 0.642. The molecule has 2 N–H and O–H groups in total. The van der Waals surface area contributed by atoms with E-state index >= 15 is 0 Å². The van der Waals surface area contributed by atoms with Gasteiger partial charge >= 0.3 is 6.18 Å². The number of hydrogen-bond donors (Lipinski definition) is 1. The number of alkyl halides is 3. The topological polar surface area (TPSA) is 29.3 Å². The number of anilines is 2. The predicted molar refractivity (Wildman–Crippen MR) is 82.1 cm³/mol. The van der Waals surface area contributed by atoms with Gasteiger partial charge in [-0.3, -0.25) is 0 Å². The second-order valence-electron chi connectivity index (χ2n) is 4.65. The van der Waals surface area contributed by atoms with Crippen LogP contribution in [0.25, 0.3) is 0 Å². The highest BCUT2D eigenvalue weighted by molar-refractivity contribution is 5.64. The van der Waals surface area contributed by atoms with Crippen LogP contribution in [0.5, 0.6) is 0 Å². The smallest absolute Gasteiger partial charge is 0.399 e. The summed E-state index contributed by atoms with van der Waals surface area (Å²) in [6.07, 6.45) is -1.44. The zero-order chi connectivity index (χ0) is 16.2. The number of hydrogen-bond acceptors (Lipinski definition) is 2. The molecular formula is C16H19F3N2. The van der Waals surface area contributed by atoms with E-state index in [0.29, 0.717) is 11.4 Å². The van der Waals surface area contributed by atoms with Crippen LogP contribution in [0.3, 0.4) is 0 Å². The molecule has 0 bridgehead atoms. The third kappa shape index (κ3) is 4.41. The summed E-state index contributed by atoms with van der Waals surface area (Å²) in [6.45, 7) is 8.76. The molecule has 0 heterocycles. The van der Waals surface area contributed by atoms with Crippen molar-refractivity contribution >= 4 is 11.4 Å². The zero-order valence-electron chi connectivity index (χ0n) is 12.2. The monoisotopic (exact) mass is 296 g/mol. The number of nitrogens with two attached hydrogens (primary N) is 1. The molecule has 1 aromatic carbocycles. The molecule has 0 unspecified atom stereocenters. The Labute approximate surface area is 123 Å². The van der Waals surface area contributed by atoms with Gasteiger partial charge in [0.05, 0.1) is 0 Å². The summed E-state index contributed by atoms with van der Waals surface area (Å²) in [5, 5.41) is 0. The highest BCUT2D eigenvalue weighted by atomic mass is 19.4. The second kappa shape index (κ2) is 6.52. The van der Waals surface area contributed by atoms with Crippen molar-refractivity contribution in [3.8, 4) is 0 Å². The lowest BCUT2D eigenvalue weighted by Crippen LogP contribution is -2.16. The molecule has 0 atom stereocenters. The second-order valence-corrected chi connectivity index (χ2v) is 4.65. The normalized spacial score (nSPS) is 11.7. The Bertz CT molecular complexity index is 571. The number of nitrogens with zero attached hydrogens (tertiary/aromatic N) is 1. The van der Waals surface area contributed by atoms with Crippen LogP contribution in [0, 0.1) is 0 Å². The largest absolute Gasteiger partial charge is 0.415 e. The number of likely N-dealkylation sites (N-methyl/N-ethyl adjacent to an activating group) is 1. The van der Waals surface area contributed by atoms with Crippen LogP contribution in [0.4, 0.5) is 24.5 Å². The fraction of sp³-hybridized carbons (Fsp3) is 0.250. The maximum absolute atomic E-state index is 12.4. The molecule has 0 aliphatic heterocycles. The maximum Gasteiger partial charge on any atom is 0.415 e. The van der Waals surface area contributed by atoms with E-state index in [1.165, 1.54) is 6.08 Å². The summed E-state index contributed by atoms with van der Waals surface area (Å²) in [5.74, 6) is 0. The Morgan fingerprint density at radius 2 is 1.90 bits per heavy atom. The molecule has 1 aromatic rings. The minimum Gasteiger partial charge on any atom is -0.399 e. The van der Waals surface area contributed by atoms with Crippen molar-refractivity contribution < 1.29 is 13.2 Å². The van der Waals surface area contributed by atoms with Crippen LogP contribution < -0.4 is 10.6 Å². The maximum atomic E-state index is 12.4. The lowest BCUT2D eigenvalue weighted by atomic mass is 10.1. The van der Waals surface area contributed by atoms with Crippen molar-refractivity contribution in [2.75, 3.05) is 17.7 Å². The first-order valence-electron chi connectivity index (χ1n) is 6.42. The first kappa shape index (κ1) is 16.9. The van der Waals surface area contributed by atoms with Crippen LogP contribution in [-0.4, -0.2) is 13.2 Å². The van der Waals surface area contributed by atoms with Gasteiger partial charge in [-0.1, -0.05) is 26.1 Å². The molecule has 114 valence electrons. The van der Waals surface area contributed by atoms with Gasteiger partial charge in [0.1, 0.15) is 0 Å². The number of benzene rings is 1. The summed E-state index contributed by atoms with van der Waals surface area (Å²) in [7, 11) is 1.73. The average molecular weight is 296 g/mol. The lowest BCUT2D eigenvalue weighted by molar-refractivity contribution is -0.0878. The minimum atomic E-state index is -4.43. The van der Waals surface area contributed by atoms with E-state index in [0.717, 1.165) is 23.7 Å². The molecule has 1 rings (SSSR count). The molecule has 0 radical (unpaired) electrons. The Balaban J connectivity index is 2.96. The van der Waals surface area contributed by atoms with Gasteiger partial charge in [0, 0.05) is 29.7 Å². The highest BCUT2D eigenvalue weighted by Gasteiger charge is 2.29. The molecule has 0 spiro atoms. The van der Waals surface area contributed by atoms with Crippen LogP contribution in [-0.2, 0) is 6.42 Å². The average Bonchev–Trinajstić information content (AvgIpc) is 2.42. The molecular weight excluding hydrogens is 277 g/mol. The third-order valence-electron chi connectivity index (χ3n) is 3.12. The molecule has 21 heavy (non-hydrogen) atoms. The summed E-state index contributed by atoms with van der Waals surface area (Å²) < 4.78 is 37.2. The lowest BCUT2D eigenvalue weighted by Gasteiger charge is -2.23. The molecule has 0 aliphatic carbocycles. The van der Waals surface area contributed by atoms with Crippen molar-refractivity contribution in [3.05, 3.63) is 60.3 Å². The number of nitrogen functional groups attached to an aromatic ring is 1. The van der Waals surface area contributed by atoms with Gasteiger partial charge in [-0.25, -0.2) is 0 Å². The van der Waals surface area contributed by atoms with E-state index < -0.39 is 11.7 Å². The Hall–Kier alpha value is -2.17. The molecule has 0 aliphatic rings. The standard InChI is InChI=1S/C16H19F3N2/c1-5-13-8-9-14(20)10-15(13)21(4)12(3)7-6-11(2)16(17,18)19/h6-10H,2-3,5,20H2,1,4H3/b7-6-. The summed E-state index contributed by atoms with van der Waals surface area (Å²) >= 11 is 0. The van der Waals surface area contributed by atoms with Crippen molar-refractivity contribution in [3.63, 3.8) is 0 Å². The van der Waals surface area contributed by atoms with E-state index in [1.807, 2.05) is 13.0 Å². The van der Waals surface area contributed by atoms with Crippen molar-refractivity contribution in [1.82, 2.24) is 0 Å². The number of rotatable bonds is 5. The minimum absolute atomic E-state index is 0.417. The van der Waals surface area contributed by atoms with Gasteiger partial charge in [-0.2, -0.15) is 13.2 Å². The molecule has 0 saturated carbocycles. The van der Waals surface area contributed by atoms with E-state index in [4.69, 9.17) is 5.73 Å². The van der Waals surface area contributed by atoms with Gasteiger partial charge in [-0.15, -0.1) is 0 Å².